The molecule has 136 valence electrons. The molecule has 1 aromatic heterocycles. The van der Waals surface area contributed by atoms with Crippen molar-refractivity contribution in [1.82, 2.24) is 9.78 Å². The van der Waals surface area contributed by atoms with Gasteiger partial charge in [0.2, 0.25) is 0 Å². The number of rotatable bonds is 5. The van der Waals surface area contributed by atoms with Gasteiger partial charge in [-0.15, -0.1) is 0 Å². The molecule has 0 N–H and O–H groups in total. The van der Waals surface area contributed by atoms with E-state index < -0.39 is 17.8 Å². The maximum atomic E-state index is 12.5. The van der Waals surface area contributed by atoms with Crippen LogP contribution in [0.4, 0.5) is 13.2 Å². The summed E-state index contributed by atoms with van der Waals surface area (Å²) in [6.45, 7) is -0.366. The fourth-order valence-electron chi connectivity index (χ4n) is 2.43. The van der Waals surface area contributed by atoms with Crippen molar-refractivity contribution in [3.8, 4) is 5.75 Å². The molecule has 0 atom stereocenters. The SMILES string of the molecule is COc1ccc2cc(COC(=O)Cn3ccc(C(F)(F)F)n3)ccc2c1. The predicted octanol–water partition coefficient (Wildman–Crippen LogP) is 3.81. The van der Waals surface area contributed by atoms with Gasteiger partial charge >= 0.3 is 12.1 Å². The molecule has 1 heterocycles. The molecule has 0 radical (unpaired) electrons. The smallest absolute Gasteiger partial charge is 0.435 e. The summed E-state index contributed by atoms with van der Waals surface area (Å²) in [4.78, 5) is 11.8. The number of methoxy groups -OCH3 is 1. The van der Waals surface area contributed by atoms with E-state index in [-0.39, 0.29) is 13.2 Å². The van der Waals surface area contributed by atoms with Gasteiger partial charge in [0.15, 0.2) is 5.69 Å². The zero-order chi connectivity index (χ0) is 18.7. The molecule has 3 rings (SSSR count). The normalized spacial score (nSPS) is 11.5. The molecule has 0 saturated heterocycles. The third-order valence-corrected chi connectivity index (χ3v) is 3.73. The molecule has 0 fully saturated rings. The predicted molar refractivity (Wildman–Crippen MR) is 87.5 cm³/mol. The third-order valence-electron chi connectivity index (χ3n) is 3.73. The van der Waals surface area contributed by atoms with Crippen LogP contribution in [0.1, 0.15) is 11.3 Å². The first-order valence-electron chi connectivity index (χ1n) is 7.68. The molecule has 5 nitrogen and oxygen atoms in total. The average molecular weight is 364 g/mol. The molecule has 0 unspecified atom stereocenters. The summed E-state index contributed by atoms with van der Waals surface area (Å²) in [5.74, 6) is 0.0748. The topological polar surface area (TPSA) is 53.4 Å². The van der Waals surface area contributed by atoms with Crippen molar-refractivity contribution in [2.75, 3.05) is 7.11 Å². The second kappa shape index (κ2) is 7.07. The molecule has 0 aliphatic carbocycles. The Bertz CT molecular complexity index is 935. The third kappa shape index (κ3) is 4.14. The van der Waals surface area contributed by atoms with Crippen LogP contribution in [0.3, 0.4) is 0 Å². The van der Waals surface area contributed by atoms with Crippen molar-refractivity contribution in [1.29, 1.82) is 0 Å². The number of halogens is 3. The number of hydrogen-bond acceptors (Lipinski definition) is 4. The summed E-state index contributed by atoms with van der Waals surface area (Å²) in [6.07, 6.45) is -3.45. The number of esters is 1. The van der Waals surface area contributed by atoms with Crippen LogP contribution in [0.5, 0.6) is 5.75 Å². The Kier molecular flexibility index (Phi) is 4.83. The maximum absolute atomic E-state index is 12.5. The lowest BCUT2D eigenvalue weighted by Gasteiger charge is -2.07. The lowest BCUT2D eigenvalue weighted by Crippen LogP contribution is -2.15. The number of benzene rings is 2. The number of carbonyl (C=O) groups excluding carboxylic acids is 1. The van der Waals surface area contributed by atoms with E-state index in [2.05, 4.69) is 5.10 Å². The summed E-state index contributed by atoms with van der Waals surface area (Å²) in [7, 11) is 1.59. The number of nitrogens with zero attached hydrogens (tertiary/aromatic N) is 2. The summed E-state index contributed by atoms with van der Waals surface area (Å²) < 4.78 is 48.6. The first-order chi connectivity index (χ1) is 12.3. The Hall–Kier alpha value is -3.03. The number of alkyl halides is 3. The minimum Gasteiger partial charge on any atom is -0.497 e. The van der Waals surface area contributed by atoms with E-state index in [4.69, 9.17) is 9.47 Å². The Balaban J connectivity index is 1.60. The van der Waals surface area contributed by atoms with Crippen molar-refractivity contribution < 1.29 is 27.4 Å². The van der Waals surface area contributed by atoms with Gasteiger partial charge in [-0.1, -0.05) is 18.2 Å². The van der Waals surface area contributed by atoms with Crippen LogP contribution in [0.15, 0.2) is 48.7 Å². The maximum Gasteiger partial charge on any atom is 0.435 e. The molecule has 0 bridgehead atoms. The largest absolute Gasteiger partial charge is 0.497 e. The molecular weight excluding hydrogens is 349 g/mol. The number of hydrogen-bond donors (Lipinski definition) is 0. The molecule has 2 aromatic carbocycles. The number of aromatic nitrogens is 2. The van der Waals surface area contributed by atoms with Gasteiger partial charge in [-0.05, 0) is 40.6 Å². The van der Waals surface area contributed by atoms with Crippen LogP contribution in [0.2, 0.25) is 0 Å². The Morgan fingerprint density at radius 3 is 2.54 bits per heavy atom. The first kappa shape index (κ1) is 17.8. The highest BCUT2D eigenvalue weighted by Gasteiger charge is 2.33. The zero-order valence-electron chi connectivity index (χ0n) is 13.8. The second-order valence-electron chi connectivity index (χ2n) is 5.60. The van der Waals surface area contributed by atoms with Gasteiger partial charge in [0.1, 0.15) is 18.9 Å². The molecule has 26 heavy (non-hydrogen) atoms. The fraction of sp³-hybridized carbons (Fsp3) is 0.222. The van der Waals surface area contributed by atoms with Crippen LogP contribution >= 0.6 is 0 Å². The molecule has 3 aromatic rings. The van der Waals surface area contributed by atoms with Crippen molar-refractivity contribution in [3.63, 3.8) is 0 Å². The van der Waals surface area contributed by atoms with Crippen LogP contribution in [0.25, 0.3) is 10.8 Å². The van der Waals surface area contributed by atoms with Crippen molar-refractivity contribution in [2.45, 2.75) is 19.3 Å². The van der Waals surface area contributed by atoms with Crippen LogP contribution < -0.4 is 4.74 Å². The van der Waals surface area contributed by atoms with Gasteiger partial charge in [0.05, 0.1) is 7.11 Å². The summed E-state index contributed by atoms with van der Waals surface area (Å²) in [6, 6.07) is 12.0. The van der Waals surface area contributed by atoms with E-state index in [1.807, 2.05) is 36.4 Å². The zero-order valence-corrected chi connectivity index (χ0v) is 13.8. The summed E-state index contributed by atoms with van der Waals surface area (Å²) in [5, 5.41) is 5.25. The standard InChI is InChI=1S/C18H15F3N2O3/c1-25-15-5-4-13-8-12(2-3-14(13)9-15)11-26-17(24)10-23-7-6-16(22-23)18(19,20)21/h2-9H,10-11H2,1H3. The molecule has 8 heteroatoms. The van der Waals surface area contributed by atoms with Gasteiger partial charge < -0.3 is 9.47 Å². The van der Waals surface area contributed by atoms with E-state index >= 15 is 0 Å². The molecule has 0 spiro atoms. The van der Waals surface area contributed by atoms with E-state index in [9.17, 15) is 18.0 Å². The van der Waals surface area contributed by atoms with Gasteiger partial charge in [0.25, 0.3) is 0 Å². The highest BCUT2D eigenvalue weighted by molar-refractivity contribution is 5.84. The van der Waals surface area contributed by atoms with Gasteiger partial charge in [-0.3, -0.25) is 9.48 Å². The molecular formula is C18H15F3N2O3. The van der Waals surface area contributed by atoms with Gasteiger partial charge in [-0.2, -0.15) is 18.3 Å². The lowest BCUT2D eigenvalue weighted by atomic mass is 10.1. The van der Waals surface area contributed by atoms with E-state index in [0.29, 0.717) is 0 Å². The Morgan fingerprint density at radius 2 is 1.85 bits per heavy atom. The molecule has 0 amide bonds. The minimum absolute atomic E-state index is 0.0220. The van der Waals surface area contributed by atoms with E-state index in [1.165, 1.54) is 0 Å². The van der Waals surface area contributed by atoms with Crippen molar-refractivity contribution in [2.24, 2.45) is 0 Å². The van der Waals surface area contributed by atoms with Crippen molar-refractivity contribution >= 4 is 16.7 Å². The number of fused-ring (bicyclic) bond motifs is 1. The van der Waals surface area contributed by atoms with Crippen LogP contribution in [0, 0.1) is 0 Å². The molecule has 0 saturated carbocycles. The highest BCUT2D eigenvalue weighted by atomic mass is 19.4. The van der Waals surface area contributed by atoms with E-state index in [1.54, 1.807) is 7.11 Å². The van der Waals surface area contributed by atoms with Gasteiger partial charge in [-0.25, -0.2) is 0 Å². The highest BCUT2D eigenvalue weighted by Crippen LogP contribution is 2.27. The quantitative estimate of drug-likeness (QED) is 0.646. The summed E-state index contributed by atoms with van der Waals surface area (Å²) >= 11 is 0. The Labute approximate surface area is 146 Å². The van der Waals surface area contributed by atoms with Crippen molar-refractivity contribution in [3.05, 3.63) is 59.9 Å². The minimum atomic E-state index is -4.54. The van der Waals surface area contributed by atoms with E-state index in [0.717, 1.165) is 39.0 Å². The van der Waals surface area contributed by atoms with Gasteiger partial charge in [0, 0.05) is 6.20 Å². The number of ether oxygens (including phenoxy) is 2. The number of carbonyl (C=O) groups is 1. The average Bonchev–Trinajstić information content (AvgIpc) is 3.08. The fourth-order valence-corrected chi connectivity index (χ4v) is 2.43. The second-order valence-corrected chi connectivity index (χ2v) is 5.60. The monoisotopic (exact) mass is 364 g/mol. The summed E-state index contributed by atoms with van der Waals surface area (Å²) in [5.41, 5.74) is -0.275. The van der Waals surface area contributed by atoms with Crippen LogP contribution in [-0.2, 0) is 28.9 Å². The first-order valence-corrected chi connectivity index (χ1v) is 7.68. The Morgan fingerprint density at radius 1 is 1.12 bits per heavy atom. The molecule has 0 aliphatic rings. The van der Waals surface area contributed by atoms with Crippen LogP contribution in [-0.4, -0.2) is 22.9 Å². The lowest BCUT2D eigenvalue weighted by molar-refractivity contribution is -0.147. The molecule has 0 aliphatic heterocycles.